The van der Waals surface area contributed by atoms with Gasteiger partial charge >= 0.3 is 29.6 Å². The maximum Gasteiger partial charge on any atom is 1.00 e. The van der Waals surface area contributed by atoms with E-state index in [0.29, 0.717) is 6.61 Å². The fourth-order valence-corrected chi connectivity index (χ4v) is 2.71. The molecule has 0 bridgehead atoms. The van der Waals surface area contributed by atoms with Gasteiger partial charge < -0.3 is 14.3 Å². The molecule has 0 unspecified atom stereocenters. The molecule has 0 aromatic heterocycles. The second-order valence-corrected chi connectivity index (χ2v) is 6.36. The van der Waals surface area contributed by atoms with Crippen LogP contribution in [0, 0.1) is 0 Å². The van der Waals surface area contributed by atoms with E-state index in [9.17, 15) is 9.79 Å². The van der Waals surface area contributed by atoms with Crippen molar-refractivity contribution in [2.24, 2.45) is 0 Å². The number of rotatable bonds is 16. The Labute approximate surface area is 155 Å². The van der Waals surface area contributed by atoms with Crippen molar-refractivity contribution in [1.82, 2.24) is 0 Å². The van der Waals surface area contributed by atoms with E-state index in [1.54, 1.807) is 0 Å². The van der Waals surface area contributed by atoms with Crippen LogP contribution in [-0.2, 0) is 4.52 Å². The molecule has 0 aliphatic carbocycles. The normalized spacial score (nSPS) is 10.9. The van der Waals surface area contributed by atoms with Gasteiger partial charge in [-0.25, -0.2) is 0 Å². The molecular formula is C16H33NaO3P-. The van der Waals surface area contributed by atoms with E-state index in [-0.39, 0.29) is 29.6 Å². The van der Waals surface area contributed by atoms with Crippen molar-refractivity contribution in [3.63, 3.8) is 0 Å². The van der Waals surface area contributed by atoms with Crippen LogP contribution in [0.2, 0.25) is 0 Å². The van der Waals surface area contributed by atoms with Crippen molar-refractivity contribution in [1.29, 1.82) is 0 Å². The minimum absolute atomic E-state index is 0. The second-order valence-electron chi connectivity index (χ2n) is 5.65. The summed E-state index contributed by atoms with van der Waals surface area (Å²) in [5, 5.41) is 0. The van der Waals surface area contributed by atoms with Crippen molar-refractivity contribution in [3.05, 3.63) is 0 Å². The predicted molar refractivity (Wildman–Crippen MR) is 83.2 cm³/mol. The molecule has 0 aromatic rings. The summed E-state index contributed by atoms with van der Waals surface area (Å²) in [5.74, 6) is 0. The molecule has 0 aliphatic heterocycles. The van der Waals surface area contributed by atoms with Gasteiger partial charge in [0.15, 0.2) is 0 Å². The zero-order valence-corrected chi connectivity index (χ0v) is 17.2. The SMILES string of the molecule is CCCCCCCCCCCCCCCCOP([O-])[O-].[Na+]. The van der Waals surface area contributed by atoms with E-state index in [4.69, 9.17) is 0 Å². The van der Waals surface area contributed by atoms with Crippen LogP contribution in [-0.4, -0.2) is 6.61 Å². The standard InChI is InChI=1S/C16H33O3P.Na/c1-2-3-4-5-6-7-8-9-10-11-12-13-14-15-16-19-20(17)18;/h2-16H2,1H3;/q-2;+1. The molecule has 0 aliphatic rings. The van der Waals surface area contributed by atoms with Crippen molar-refractivity contribution >= 4 is 8.60 Å². The minimum Gasteiger partial charge on any atom is -0.820 e. The fraction of sp³-hybridized carbons (Fsp3) is 1.00. The zero-order valence-electron chi connectivity index (χ0n) is 14.3. The van der Waals surface area contributed by atoms with E-state index in [1.165, 1.54) is 77.0 Å². The molecule has 0 atom stereocenters. The largest absolute Gasteiger partial charge is 1.00 e. The summed E-state index contributed by atoms with van der Waals surface area (Å²) in [6.07, 6.45) is 18.3. The number of hydrogen-bond acceptors (Lipinski definition) is 3. The van der Waals surface area contributed by atoms with Crippen LogP contribution in [0.15, 0.2) is 0 Å². The van der Waals surface area contributed by atoms with Crippen LogP contribution in [0.4, 0.5) is 0 Å². The topological polar surface area (TPSA) is 55.3 Å². The van der Waals surface area contributed by atoms with E-state index in [2.05, 4.69) is 11.4 Å². The van der Waals surface area contributed by atoms with Crippen LogP contribution < -0.4 is 39.3 Å². The van der Waals surface area contributed by atoms with Gasteiger partial charge in [-0.15, -0.1) is 0 Å². The van der Waals surface area contributed by atoms with Gasteiger partial charge in [0.1, 0.15) is 0 Å². The van der Waals surface area contributed by atoms with Gasteiger partial charge in [-0.1, -0.05) is 90.4 Å². The molecule has 0 rings (SSSR count). The molecule has 0 heterocycles. The molecule has 0 aromatic carbocycles. The summed E-state index contributed by atoms with van der Waals surface area (Å²) in [5.41, 5.74) is 0. The maximum absolute atomic E-state index is 10.1. The van der Waals surface area contributed by atoms with Gasteiger partial charge in [0.2, 0.25) is 0 Å². The molecule has 122 valence electrons. The van der Waals surface area contributed by atoms with Gasteiger partial charge in [0.05, 0.1) is 0 Å². The summed E-state index contributed by atoms with van der Waals surface area (Å²) in [7, 11) is -2.64. The second kappa shape index (κ2) is 21.3. The molecule has 5 heteroatoms. The number of hydrogen-bond donors (Lipinski definition) is 0. The summed E-state index contributed by atoms with van der Waals surface area (Å²) in [6.45, 7) is 2.62. The summed E-state index contributed by atoms with van der Waals surface area (Å²) < 4.78 is 4.50. The first-order valence-electron chi connectivity index (χ1n) is 8.54. The number of unbranched alkanes of at least 4 members (excludes halogenated alkanes) is 13. The Bertz CT molecular complexity index is 183. The van der Waals surface area contributed by atoms with Gasteiger partial charge in [0.25, 0.3) is 0 Å². The van der Waals surface area contributed by atoms with Crippen LogP contribution in [0.25, 0.3) is 0 Å². The molecule has 0 fully saturated rings. The van der Waals surface area contributed by atoms with E-state index in [1.807, 2.05) is 0 Å². The Morgan fingerprint density at radius 1 is 0.619 bits per heavy atom. The molecule has 0 spiro atoms. The van der Waals surface area contributed by atoms with E-state index < -0.39 is 8.60 Å². The summed E-state index contributed by atoms with van der Waals surface area (Å²) in [6, 6.07) is 0. The Hall–Kier alpha value is 1.31. The van der Waals surface area contributed by atoms with Crippen molar-refractivity contribution < 1.29 is 43.9 Å². The average molecular weight is 327 g/mol. The third-order valence-corrected chi connectivity index (χ3v) is 4.09. The third kappa shape index (κ3) is 23.7. The predicted octanol–water partition coefficient (Wildman–Crippen LogP) is 1.44. The molecule has 0 radical (unpaired) electrons. The molecule has 0 amide bonds. The maximum atomic E-state index is 10.1. The fourth-order valence-electron chi connectivity index (χ4n) is 2.44. The Kier molecular flexibility index (Phi) is 24.9. The molecule has 3 nitrogen and oxygen atoms in total. The molecular weight excluding hydrogens is 294 g/mol. The van der Waals surface area contributed by atoms with E-state index >= 15 is 0 Å². The van der Waals surface area contributed by atoms with Gasteiger partial charge in [-0.3, -0.25) is 0 Å². The van der Waals surface area contributed by atoms with Crippen LogP contribution in [0.3, 0.4) is 0 Å². The smallest absolute Gasteiger partial charge is 0.820 e. The zero-order chi connectivity index (χ0) is 14.9. The van der Waals surface area contributed by atoms with E-state index in [0.717, 1.165) is 12.8 Å². The van der Waals surface area contributed by atoms with Gasteiger partial charge in [0, 0.05) is 6.61 Å². The van der Waals surface area contributed by atoms with Crippen molar-refractivity contribution in [2.45, 2.75) is 96.8 Å². The third-order valence-electron chi connectivity index (χ3n) is 3.69. The monoisotopic (exact) mass is 327 g/mol. The summed E-state index contributed by atoms with van der Waals surface area (Å²) in [4.78, 5) is 20.3. The van der Waals surface area contributed by atoms with Crippen LogP contribution >= 0.6 is 8.60 Å². The minimum atomic E-state index is -2.64. The van der Waals surface area contributed by atoms with Crippen LogP contribution in [0.1, 0.15) is 96.8 Å². The Morgan fingerprint density at radius 2 is 0.952 bits per heavy atom. The first kappa shape index (κ1) is 24.6. The molecule has 0 saturated carbocycles. The first-order valence-corrected chi connectivity index (χ1v) is 9.64. The van der Waals surface area contributed by atoms with Crippen LogP contribution in [0.5, 0.6) is 0 Å². The molecule has 21 heavy (non-hydrogen) atoms. The van der Waals surface area contributed by atoms with Gasteiger partial charge in [-0.2, -0.15) is 8.60 Å². The molecule has 0 N–H and O–H groups in total. The van der Waals surface area contributed by atoms with Crippen molar-refractivity contribution in [2.75, 3.05) is 6.61 Å². The Morgan fingerprint density at radius 3 is 1.29 bits per heavy atom. The Balaban J connectivity index is 0. The van der Waals surface area contributed by atoms with Gasteiger partial charge in [-0.05, 0) is 6.42 Å². The summed E-state index contributed by atoms with van der Waals surface area (Å²) >= 11 is 0. The first-order chi connectivity index (χ1) is 9.77. The molecule has 0 saturated heterocycles. The average Bonchev–Trinajstić information content (AvgIpc) is 2.43. The van der Waals surface area contributed by atoms with Crippen molar-refractivity contribution in [3.8, 4) is 0 Å². The quantitative estimate of drug-likeness (QED) is 0.245.